The van der Waals surface area contributed by atoms with E-state index < -0.39 is 0 Å². The molecule has 3 aromatic heterocycles. The molecule has 4 aromatic rings. The number of anilines is 1. The summed E-state index contributed by atoms with van der Waals surface area (Å²) in [5.74, 6) is 3.57. The zero-order chi connectivity index (χ0) is 19.7. The first kappa shape index (κ1) is 18.5. The first-order chi connectivity index (χ1) is 13.6. The van der Waals surface area contributed by atoms with Crippen molar-refractivity contribution in [3.63, 3.8) is 0 Å². The van der Waals surface area contributed by atoms with Gasteiger partial charge in [0.25, 0.3) is 0 Å². The predicted octanol–water partition coefficient (Wildman–Crippen LogP) is 5.75. The molecule has 0 bridgehead atoms. The summed E-state index contributed by atoms with van der Waals surface area (Å²) in [6.07, 6.45) is 2.45. The second-order valence-electron chi connectivity index (χ2n) is 6.67. The van der Waals surface area contributed by atoms with Crippen LogP contribution in [0, 0.1) is 13.8 Å². The van der Waals surface area contributed by atoms with E-state index in [1.165, 1.54) is 10.4 Å². The Hall–Kier alpha value is -2.86. The number of fused-ring (bicyclic) bond motifs is 1. The Morgan fingerprint density at radius 3 is 2.64 bits per heavy atom. The van der Waals surface area contributed by atoms with Gasteiger partial charge in [0.2, 0.25) is 0 Å². The summed E-state index contributed by atoms with van der Waals surface area (Å²) >= 11 is 1.70. The molecule has 6 heteroatoms. The van der Waals surface area contributed by atoms with Crippen molar-refractivity contribution in [1.82, 2.24) is 9.97 Å². The van der Waals surface area contributed by atoms with Gasteiger partial charge in [-0.05, 0) is 43.2 Å². The highest BCUT2D eigenvalue weighted by Crippen LogP contribution is 2.33. The summed E-state index contributed by atoms with van der Waals surface area (Å²) < 4.78 is 11.4. The van der Waals surface area contributed by atoms with E-state index in [1.807, 2.05) is 12.1 Å². The molecule has 0 unspecified atom stereocenters. The Morgan fingerprint density at radius 1 is 1.14 bits per heavy atom. The highest BCUT2D eigenvalue weighted by molar-refractivity contribution is 7.18. The van der Waals surface area contributed by atoms with E-state index in [9.17, 15) is 0 Å². The van der Waals surface area contributed by atoms with Crippen LogP contribution in [0.2, 0.25) is 0 Å². The number of ether oxygens (including phenoxy) is 1. The molecule has 1 aromatic carbocycles. The molecule has 144 valence electrons. The van der Waals surface area contributed by atoms with Gasteiger partial charge in [0.05, 0.1) is 19.0 Å². The van der Waals surface area contributed by atoms with E-state index in [-0.39, 0.29) is 0 Å². The van der Waals surface area contributed by atoms with Crippen LogP contribution in [0.25, 0.3) is 21.3 Å². The van der Waals surface area contributed by atoms with E-state index in [2.05, 4.69) is 54.3 Å². The van der Waals surface area contributed by atoms with Crippen molar-refractivity contribution in [1.29, 1.82) is 0 Å². The standard InChI is InChI=1S/C22H23N3O2S/c1-5-19-18(15-6-8-16(26-4)9-7-15)10-17(27-19)11-23-21-20-13(2)14(3)28-22(20)25-12-24-21/h6-10,12H,5,11H2,1-4H3,(H,23,24,25). The van der Waals surface area contributed by atoms with Gasteiger partial charge in [-0.25, -0.2) is 9.97 Å². The Morgan fingerprint density at radius 2 is 1.93 bits per heavy atom. The van der Waals surface area contributed by atoms with E-state index in [1.54, 1.807) is 24.8 Å². The number of aromatic nitrogens is 2. The Bertz CT molecular complexity index is 1110. The molecule has 0 radical (unpaired) electrons. The molecular formula is C22H23N3O2S. The third kappa shape index (κ3) is 3.36. The minimum absolute atomic E-state index is 0.573. The van der Waals surface area contributed by atoms with Crippen molar-refractivity contribution < 1.29 is 9.15 Å². The molecule has 0 saturated heterocycles. The number of furan rings is 1. The van der Waals surface area contributed by atoms with Crippen LogP contribution < -0.4 is 10.1 Å². The van der Waals surface area contributed by atoms with Crippen molar-refractivity contribution in [2.45, 2.75) is 33.7 Å². The smallest absolute Gasteiger partial charge is 0.138 e. The van der Waals surface area contributed by atoms with E-state index in [0.717, 1.165) is 50.9 Å². The van der Waals surface area contributed by atoms with Crippen LogP contribution in [-0.4, -0.2) is 17.1 Å². The molecule has 4 rings (SSSR count). The summed E-state index contributed by atoms with van der Waals surface area (Å²) in [5.41, 5.74) is 3.48. The van der Waals surface area contributed by atoms with Gasteiger partial charge < -0.3 is 14.5 Å². The van der Waals surface area contributed by atoms with Gasteiger partial charge in [-0.2, -0.15) is 0 Å². The highest BCUT2D eigenvalue weighted by Gasteiger charge is 2.14. The Labute approximate surface area is 168 Å². The van der Waals surface area contributed by atoms with Crippen LogP contribution in [0.15, 0.2) is 41.1 Å². The van der Waals surface area contributed by atoms with Crippen molar-refractivity contribution >= 4 is 27.4 Å². The summed E-state index contributed by atoms with van der Waals surface area (Å²) in [5, 5.41) is 4.53. The second kappa shape index (κ2) is 7.64. The number of hydrogen-bond donors (Lipinski definition) is 1. The van der Waals surface area contributed by atoms with Crippen molar-refractivity contribution in [2.24, 2.45) is 0 Å². The first-order valence-electron chi connectivity index (χ1n) is 9.31. The number of nitrogens with one attached hydrogen (secondary N) is 1. The van der Waals surface area contributed by atoms with Crippen molar-refractivity contribution in [2.75, 3.05) is 12.4 Å². The Kier molecular flexibility index (Phi) is 5.05. The number of benzene rings is 1. The average molecular weight is 394 g/mol. The molecule has 0 saturated carbocycles. The third-order valence-corrected chi connectivity index (χ3v) is 6.09. The molecule has 0 atom stereocenters. The number of methoxy groups -OCH3 is 1. The molecule has 0 fully saturated rings. The van der Waals surface area contributed by atoms with Gasteiger partial charge in [0.15, 0.2) is 0 Å². The van der Waals surface area contributed by atoms with E-state index in [4.69, 9.17) is 9.15 Å². The molecule has 0 aliphatic heterocycles. The fraction of sp³-hybridized carbons (Fsp3) is 0.273. The maximum Gasteiger partial charge on any atom is 0.138 e. The quantitative estimate of drug-likeness (QED) is 0.452. The van der Waals surface area contributed by atoms with E-state index in [0.29, 0.717) is 6.54 Å². The molecular weight excluding hydrogens is 370 g/mol. The van der Waals surface area contributed by atoms with Gasteiger partial charge >= 0.3 is 0 Å². The summed E-state index contributed by atoms with van der Waals surface area (Å²) in [4.78, 5) is 11.1. The summed E-state index contributed by atoms with van der Waals surface area (Å²) in [7, 11) is 1.68. The number of nitrogens with zero attached hydrogens (tertiary/aromatic N) is 2. The highest BCUT2D eigenvalue weighted by atomic mass is 32.1. The first-order valence-corrected chi connectivity index (χ1v) is 10.1. The number of rotatable bonds is 6. The molecule has 3 heterocycles. The molecule has 0 spiro atoms. The zero-order valence-electron chi connectivity index (χ0n) is 16.5. The third-order valence-electron chi connectivity index (χ3n) is 4.98. The molecule has 28 heavy (non-hydrogen) atoms. The number of aryl methyl sites for hydroxylation is 3. The van der Waals surface area contributed by atoms with Crippen LogP contribution in [0.1, 0.15) is 28.9 Å². The van der Waals surface area contributed by atoms with Gasteiger partial charge in [0.1, 0.15) is 34.2 Å². The van der Waals surface area contributed by atoms with Crippen LogP contribution in [-0.2, 0) is 13.0 Å². The SMILES string of the molecule is CCc1oc(CNc2ncnc3sc(C)c(C)c23)cc1-c1ccc(OC)cc1. The molecule has 5 nitrogen and oxygen atoms in total. The van der Waals surface area contributed by atoms with Crippen LogP contribution in [0.5, 0.6) is 5.75 Å². The van der Waals surface area contributed by atoms with Crippen LogP contribution >= 0.6 is 11.3 Å². The largest absolute Gasteiger partial charge is 0.497 e. The lowest BCUT2D eigenvalue weighted by Crippen LogP contribution is -2.01. The molecule has 0 aliphatic carbocycles. The van der Waals surface area contributed by atoms with Crippen molar-refractivity contribution in [3.8, 4) is 16.9 Å². The predicted molar refractivity (Wildman–Crippen MR) is 114 cm³/mol. The van der Waals surface area contributed by atoms with Gasteiger partial charge in [0, 0.05) is 16.9 Å². The van der Waals surface area contributed by atoms with E-state index >= 15 is 0 Å². The minimum atomic E-state index is 0.573. The monoisotopic (exact) mass is 393 g/mol. The fourth-order valence-electron chi connectivity index (χ4n) is 3.34. The lowest BCUT2D eigenvalue weighted by molar-refractivity contribution is 0.415. The van der Waals surface area contributed by atoms with Gasteiger partial charge in [-0.3, -0.25) is 0 Å². The normalized spacial score (nSPS) is 11.1. The van der Waals surface area contributed by atoms with Gasteiger partial charge in [-0.15, -0.1) is 11.3 Å². The summed E-state index contributed by atoms with van der Waals surface area (Å²) in [6.45, 7) is 6.91. The number of thiophene rings is 1. The molecule has 0 amide bonds. The van der Waals surface area contributed by atoms with Gasteiger partial charge in [-0.1, -0.05) is 19.1 Å². The van der Waals surface area contributed by atoms with Crippen molar-refractivity contribution in [3.05, 3.63) is 58.6 Å². The molecule has 0 aliphatic rings. The molecule has 1 N–H and O–H groups in total. The zero-order valence-corrected chi connectivity index (χ0v) is 17.3. The van der Waals surface area contributed by atoms with Crippen LogP contribution in [0.3, 0.4) is 0 Å². The minimum Gasteiger partial charge on any atom is -0.497 e. The second-order valence-corrected chi connectivity index (χ2v) is 7.87. The fourth-order valence-corrected chi connectivity index (χ4v) is 4.33. The maximum atomic E-state index is 6.11. The lowest BCUT2D eigenvalue weighted by atomic mass is 10.0. The topological polar surface area (TPSA) is 60.2 Å². The maximum absolute atomic E-state index is 6.11. The van der Waals surface area contributed by atoms with Crippen LogP contribution in [0.4, 0.5) is 5.82 Å². The Balaban J connectivity index is 1.60. The average Bonchev–Trinajstić information content (AvgIpc) is 3.27. The number of hydrogen-bond acceptors (Lipinski definition) is 6. The lowest BCUT2D eigenvalue weighted by Gasteiger charge is -2.05. The summed E-state index contributed by atoms with van der Waals surface area (Å²) in [6, 6.07) is 10.2.